The molecule has 0 spiro atoms. The van der Waals surface area contributed by atoms with Crippen molar-refractivity contribution >= 4 is 0 Å². The molecule has 0 saturated carbocycles. The van der Waals surface area contributed by atoms with E-state index in [1.54, 1.807) is 0 Å². The van der Waals surface area contributed by atoms with E-state index in [9.17, 15) is 0 Å². The molecule has 2 heterocycles. The van der Waals surface area contributed by atoms with Crippen molar-refractivity contribution in [2.45, 2.75) is 38.2 Å². The summed E-state index contributed by atoms with van der Waals surface area (Å²) in [4.78, 5) is 5.16. The average Bonchev–Trinajstić information content (AvgIpc) is 2.63. The fourth-order valence-electron chi connectivity index (χ4n) is 2.98. The summed E-state index contributed by atoms with van der Waals surface area (Å²) in [5.41, 5.74) is 5.58. The Balaban J connectivity index is 1.67. The summed E-state index contributed by atoms with van der Waals surface area (Å²) >= 11 is 0. The molecule has 0 radical (unpaired) electrons. The van der Waals surface area contributed by atoms with Crippen LogP contribution in [0.3, 0.4) is 0 Å². The lowest BCUT2D eigenvalue weighted by Crippen LogP contribution is -2.38. The highest BCUT2D eigenvalue weighted by molar-refractivity contribution is 4.74. The zero-order chi connectivity index (χ0) is 12.6. The second-order valence-corrected chi connectivity index (χ2v) is 5.63. The Morgan fingerprint density at radius 3 is 2.61 bits per heavy atom. The van der Waals surface area contributed by atoms with E-state index in [4.69, 9.17) is 10.5 Å². The van der Waals surface area contributed by atoms with Gasteiger partial charge in [0.05, 0.1) is 6.10 Å². The summed E-state index contributed by atoms with van der Waals surface area (Å²) in [6, 6.07) is 0. The van der Waals surface area contributed by atoms with E-state index in [1.807, 2.05) is 0 Å². The minimum absolute atomic E-state index is 0.495. The molecule has 1 unspecified atom stereocenters. The Morgan fingerprint density at radius 1 is 1.00 bits per heavy atom. The topological polar surface area (TPSA) is 41.7 Å². The number of rotatable bonds is 5. The maximum Gasteiger partial charge on any atom is 0.0702 e. The number of ether oxygens (including phenoxy) is 1. The molecule has 2 fully saturated rings. The van der Waals surface area contributed by atoms with Crippen LogP contribution in [0.2, 0.25) is 0 Å². The first-order valence-electron chi connectivity index (χ1n) is 7.65. The predicted octanol–water partition coefficient (Wildman–Crippen LogP) is 0.912. The van der Waals surface area contributed by atoms with Gasteiger partial charge in [-0.25, -0.2) is 0 Å². The van der Waals surface area contributed by atoms with Crippen molar-refractivity contribution in [3.05, 3.63) is 0 Å². The SMILES string of the molecule is NCCCN1CCCN(CC2CCCCO2)CC1. The largest absolute Gasteiger partial charge is 0.377 e. The molecule has 2 rings (SSSR count). The molecule has 0 aromatic heterocycles. The Kier molecular flexibility index (Phi) is 6.41. The first-order chi connectivity index (χ1) is 8.88. The summed E-state index contributed by atoms with van der Waals surface area (Å²) in [7, 11) is 0. The Hall–Kier alpha value is -0.160. The maximum absolute atomic E-state index is 5.84. The van der Waals surface area contributed by atoms with E-state index in [1.165, 1.54) is 58.4 Å². The standard InChI is InChI=1S/C14H29N3O/c15-6-3-7-16-8-4-9-17(11-10-16)13-14-5-1-2-12-18-14/h14H,1-13,15H2. The number of nitrogens with zero attached hydrogens (tertiary/aromatic N) is 2. The molecule has 2 aliphatic rings. The summed E-state index contributed by atoms with van der Waals surface area (Å²) in [6.07, 6.45) is 6.77. The van der Waals surface area contributed by atoms with Crippen LogP contribution in [-0.2, 0) is 4.74 Å². The molecule has 2 saturated heterocycles. The van der Waals surface area contributed by atoms with Gasteiger partial charge in [0.25, 0.3) is 0 Å². The van der Waals surface area contributed by atoms with Gasteiger partial charge in [-0.1, -0.05) is 0 Å². The number of hydrogen-bond acceptors (Lipinski definition) is 4. The van der Waals surface area contributed by atoms with Crippen LogP contribution in [-0.4, -0.2) is 68.3 Å². The Labute approximate surface area is 111 Å². The fourth-order valence-corrected chi connectivity index (χ4v) is 2.98. The molecule has 2 N–H and O–H groups in total. The van der Waals surface area contributed by atoms with Crippen LogP contribution in [0.25, 0.3) is 0 Å². The van der Waals surface area contributed by atoms with Crippen molar-refractivity contribution in [2.24, 2.45) is 5.73 Å². The second kappa shape index (κ2) is 8.10. The van der Waals surface area contributed by atoms with Gasteiger partial charge in [-0.05, 0) is 58.3 Å². The molecule has 0 aromatic carbocycles. The smallest absolute Gasteiger partial charge is 0.0702 e. The van der Waals surface area contributed by atoms with Gasteiger partial charge in [-0.15, -0.1) is 0 Å². The molecule has 0 aromatic rings. The molecule has 0 amide bonds. The third-order valence-corrected chi connectivity index (χ3v) is 4.10. The lowest BCUT2D eigenvalue weighted by Gasteiger charge is -2.29. The number of hydrogen-bond donors (Lipinski definition) is 1. The van der Waals surface area contributed by atoms with Crippen LogP contribution in [0, 0.1) is 0 Å². The maximum atomic E-state index is 5.84. The minimum Gasteiger partial charge on any atom is -0.377 e. The third kappa shape index (κ3) is 4.84. The monoisotopic (exact) mass is 255 g/mol. The van der Waals surface area contributed by atoms with Gasteiger partial charge in [0.1, 0.15) is 0 Å². The molecule has 106 valence electrons. The fraction of sp³-hybridized carbons (Fsp3) is 1.00. The highest BCUT2D eigenvalue weighted by atomic mass is 16.5. The van der Waals surface area contributed by atoms with Crippen molar-refractivity contribution in [2.75, 3.05) is 52.4 Å². The van der Waals surface area contributed by atoms with Gasteiger partial charge in [-0.2, -0.15) is 0 Å². The molecule has 1 atom stereocenters. The quantitative estimate of drug-likeness (QED) is 0.793. The van der Waals surface area contributed by atoms with Gasteiger partial charge in [0.15, 0.2) is 0 Å². The van der Waals surface area contributed by atoms with Gasteiger partial charge in [-0.3, -0.25) is 4.90 Å². The highest BCUT2D eigenvalue weighted by Crippen LogP contribution is 2.15. The van der Waals surface area contributed by atoms with Crippen molar-refractivity contribution in [3.63, 3.8) is 0 Å². The average molecular weight is 255 g/mol. The number of nitrogens with two attached hydrogens (primary N) is 1. The predicted molar refractivity (Wildman–Crippen MR) is 74.8 cm³/mol. The molecule has 2 aliphatic heterocycles. The summed E-state index contributed by atoms with van der Waals surface area (Å²) in [5.74, 6) is 0. The van der Waals surface area contributed by atoms with Crippen molar-refractivity contribution in [1.29, 1.82) is 0 Å². The van der Waals surface area contributed by atoms with E-state index in [-0.39, 0.29) is 0 Å². The van der Waals surface area contributed by atoms with Crippen molar-refractivity contribution < 1.29 is 4.74 Å². The van der Waals surface area contributed by atoms with E-state index in [2.05, 4.69) is 9.80 Å². The minimum atomic E-state index is 0.495. The van der Waals surface area contributed by atoms with Crippen LogP contribution < -0.4 is 5.73 Å². The molecular weight excluding hydrogens is 226 g/mol. The van der Waals surface area contributed by atoms with Gasteiger partial charge < -0.3 is 15.4 Å². The molecule has 0 aliphatic carbocycles. The van der Waals surface area contributed by atoms with Crippen LogP contribution in [0.15, 0.2) is 0 Å². The van der Waals surface area contributed by atoms with Gasteiger partial charge in [0, 0.05) is 26.2 Å². The van der Waals surface area contributed by atoms with Crippen LogP contribution in [0.4, 0.5) is 0 Å². The molecule has 0 bridgehead atoms. The first-order valence-corrected chi connectivity index (χ1v) is 7.65. The van der Waals surface area contributed by atoms with Crippen LogP contribution >= 0.6 is 0 Å². The third-order valence-electron chi connectivity index (χ3n) is 4.10. The summed E-state index contributed by atoms with van der Waals surface area (Å²) < 4.78 is 5.84. The second-order valence-electron chi connectivity index (χ2n) is 5.63. The normalized spacial score (nSPS) is 28.2. The molecule has 18 heavy (non-hydrogen) atoms. The molecule has 4 heteroatoms. The van der Waals surface area contributed by atoms with Crippen LogP contribution in [0.5, 0.6) is 0 Å². The Bertz CT molecular complexity index is 219. The highest BCUT2D eigenvalue weighted by Gasteiger charge is 2.20. The Morgan fingerprint density at radius 2 is 1.83 bits per heavy atom. The van der Waals surface area contributed by atoms with E-state index in [0.29, 0.717) is 6.10 Å². The molecule has 4 nitrogen and oxygen atoms in total. The first kappa shape index (κ1) is 14.3. The van der Waals surface area contributed by atoms with Crippen molar-refractivity contribution in [3.8, 4) is 0 Å². The zero-order valence-corrected chi connectivity index (χ0v) is 11.6. The molecular formula is C14H29N3O. The van der Waals surface area contributed by atoms with Crippen molar-refractivity contribution in [1.82, 2.24) is 9.80 Å². The van der Waals surface area contributed by atoms with Crippen LogP contribution in [0.1, 0.15) is 32.1 Å². The van der Waals surface area contributed by atoms with E-state index >= 15 is 0 Å². The van der Waals surface area contributed by atoms with Gasteiger partial charge in [0.2, 0.25) is 0 Å². The van der Waals surface area contributed by atoms with Gasteiger partial charge >= 0.3 is 0 Å². The zero-order valence-electron chi connectivity index (χ0n) is 11.6. The lowest BCUT2D eigenvalue weighted by molar-refractivity contribution is -0.00498. The van der Waals surface area contributed by atoms with E-state index in [0.717, 1.165) is 26.1 Å². The lowest BCUT2D eigenvalue weighted by atomic mass is 10.1. The van der Waals surface area contributed by atoms with E-state index < -0.39 is 0 Å². The summed E-state index contributed by atoms with van der Waals surface area (Å²) in [5, 5.41) is 0. The summed E-state index contributed by atoms with van der Waals surface area (Å²) in [6.45, 7) is 8.98.